The highest BCUT2D eigenvalue weighted by Gasteiger charge is 2.55. The van der Waals surface area contributed by atoms with Crippen LogP contribution in [0.4, 0.5) is 0 Å². The van der Waals surface area contributed by atoms with Crippen molar-refractivity contribution in [3.63, 3.8) is 0 Å². The Morgan fingerprint density at radius 3 is 2.67 bits per heavy atom. The topological polar surface area (TPSA) is 26.3 Å². The van der Waals surface area contributed by atoms with E-state index in [2.05, 4.69) is 40.7 Å². The maximum Gasteiger partial charge on any atom is 0.155 e. The van der Waals surface area contributed by atoms with E-state index >= 15 is 0 Å². The van der Waals surface area contributed by atoms with Crippen LogP contribution in [0.2, 0.25) is 0 Å². The van der Waals surface area contributed by atoms with E-state index in [4.69, 9.17) is 4.74 Å². The van der Waals surface area contributed by atoms with Gasteiger partial charge in [0.05, 0.1) is 11.7 Å². The Labute approximate surface area is 165 Å². The van der Waals surface area contributed by atoms with Gasteiger partial charge in [0.15, 0.2) is 5.78 Å². The SMILES string of the molecule is CCC12CCC(=O)C=C1CCC1C2=CCC2(C)C(OC(C)(C)C)CCCC12. The molecule has 0 radical (unpaired) electrons. The van der Waals surface area contributed by atoms with Crippen molar-refractivity contribution in [2.45, 2.75) is 104 Å². The first-order chi connectivity index (χ1) is 12.7. The summed E-state index contributed by atoms with van der Waals surface area (Å²) in [6, 6.07) is 0. The largest absolute Gasteiger partial charge is 0.372 e. The van der Waals surface area contributed by atoms with E-state index in [9.17, 15) is 4.79 Å². The van der Waals surface area contributed by atoms with Crippen LogP contribution in [0.3, 0.4) is 0 Å². The van der Waals surface area contributed by atoms with Gasteiger partial charge in [0.1, 0.15) is 0 Å². The minimum absolute atomic E-state index is 0.0730. The van der Waals surface area contributed by atoms with E-state index in [0.29, 0.717) is 17.8 Å². The van der Waals surface area contributed by atoms with E-state index in [-0.39, 0.29) is 16.4 Å². The summed E-state index contributed by atoms with van der Waals surface area (Å²) in [6.45, 7) is 11.5. The number of fused-ring (bicyclic) bond motifs is 5. The molecule has 0 amide bonds. The fourth-order valence-corrected chi connectivity index (χ4v) is 7.05. The highest BCUT2D eigenvalue weighted by molar-refractivity contribution is 5.92. The van der Waals surface area contributed by atoms with Crippen molar-refractivity contribution in [2.24, 2.45) is 22.7 Å². The average Bonchev–Trinajstić information content (AvgIpc) is 2.60. The van der Waals surface area contributed by atoms with Gasteiger partial charge in [-0.3, -0.25) is 4.79 Å². The summed E-state index contributed by atoms with van der Waals surface area (Å²) < 4.78 is 6.62. The van der Waals surface area contributed by atoms with Crippen LogP contribution in [0.15, 0.2) is 23.3 Å². The second kappa shape index (κ2) is 6.58. The zero-order valence-corrected chi connectivity index (χ0v) is 18.1. The number of carbonyl (C=O) groups excluding carboxylic acids is 1. The summed E-state index contributed by atoms with van der Waals surface area (Å²) in [5.74, 6) is 1.78. The van der Waals surface area contributed by atoms with Crippen LogP contribution < -0.4 is 0 Å². The second-order valence-electron chi connectivity index (χ2n) is 10.8. The van der Waals surface area contributed by atoms with E-state index < -0.39 is 0 Å². The van der Waals surface area contributed by atoms with Crippen molar-refractivity contribution >= 4 is 5.78 Å². The van der Waals surface area contributed by atoms with Gasteiger partial charge in [-0.1, -0.05) is 37.5 Å². The van der Waals surface area contributed by atoms with Gasteiger partial charge in [0, 0.05) is 17.3 Å². The molecule has 5 atom stereocenters. The Morgan fingerprint density at radius 1 is 1.19 bits per heavy atom. The Hall–Kier alpha value is -0.890. The number of carbonyl (C=O) groups is 1. The smallest absolute Gasteiger partial charge is 0.155 e. The van der Waals surface area contributed by atoms with E-state index in [0.717, 1.165) is 38.0 Å². The molecule has 0 spiro atoms. The minimum atomic E-state index is -0.0730. The monoisotopic (exact) mass is 370 g/mol. The molecule has 2 saturated carbocycles. The highest BCUT2D eigenvalue weighted by Crippen LogP contribution is 2.63. The Morgan fingerprint density at radius 2 is 1.96 bits per heavy atom. The van der Waals surface area contributed by atoms with Gasteiger partial charge in [-0.2, -0.15) is 0 Å². The van der Waals surface area contributed by atoms with Crippen molar-refractivity contribution in [1.82, 2.24) is 0 Å². The first kappa shape index (κ1) is 19.4. The van der Waals surface area contributed by atoms with Gasteiger partial charge in [-0.05, 0) is 83.6 Å². The van der Waals surface area contributed by atoms with Crippen molar-refractivity contribution in [2.75, 3.05) is 0 Å². The number of ether oxygens (including phenoxy) is 1. The maximum atomic E-state index is 12.1. The number of allylic oxidation sites excluding steroid dienone is 4. The number of rotatable bonds is 2. The van der Waals surface area contributed by atoms with Crippen molar-refractivity contribution < 1.29 is 9.53 Å². The predicted octanol–water partition coefficient (Wildman–Crippen LogP) is 6.40. The molecular formula is C25H38O2. The zero-order valence-electron chi connectivity index (χ0n) is 18.1. The number of hydrogen-bond acceptors (Lipinski definition) is 2. The van der Waals surface area contributed by atoms with Crippen LogP contribution in [0.25, 0.3) is 0 Å². The van der Waals surface area contributed by atoms with Crippen molar-refractivity contribution in [1.29, 1.82) is 0 Å². The third-order valence-corrected chi connectivity index (χ3v) is 8.34. The molecule has 150 valence electrons. The lowest BCUT2D eigenvalue weighted by molar-refractivity contribution is -0.159. The van der Waals surface area contributed by atoms with Crippen LogP contribution in [0.1, 0.15) is 92.4 Å². The molecule has 0 saturated heterocycles. The molecule has 5 unspecified atom stereocenters. The standard InChI is InChI=1S/C25H38O2/c1-6-25-15-12-18(26)16-17(25)10-11-19-20-8-7-9-22(27-23(2,3)4)24(20,5)14-13-21(19)25/h13,16,19-20,22H,6-12,14-15H2,1-5H3. The number of ketones is 1. The lowest BCUT2D eigenvalue weighted by Gasteiger charge is -2.59. The quantitative estimate of drug-likeness (QED) is 0.526. The average molecular weight is 371 g/mol. The molecule has 27 heavy (non-hydrogen) atoms. The van der Waals surface area contributed by atoms with Crippen LogP contribution in [-0.4, -0.2) is 17.5 Å². The Kier molecular flexibility index (Phi) is 4.73. The summed E-state index contributed by atoms with van der Waals surface area (Å²) >= 11 is 0. The molecule has 4 rings (SSSR count). The molecule has 0 aromatic carbocycles. The van der Waals surface area contributed by atoms with E-state index in [1.54, 1.807) is 5.57 Å². The van der Waals surface area contributed by atoms with E-state index in [1.165, 1.54) is 31.3 Å². The lowest BCUT2D eigenvalue weighted by atomic mass is 9.47. The maximum absolute atomic E-state index is 12.1. The van der Waals surface area contributed by atoms with Gasteiger partial charge in [0.25, 0.3) is 0 Å². The molecule has 0 bridgehead atoms. The Balaban J connectivity index is 1.71. The molecule has 0 N–H and O–H groups in total. The normalized spacial score (nSPS) is 41.8. The second-order valence-corrected chi connectivity index (χ2v) is 10.8. The van der Waals surface area contributed by atoms with Gasteiger partial charge >= 0.3 is 0 Å². The van der Waals surface area contributed by atoms with Crippen LogP contribution in [0, 0.1) is 22.7 Å². The van der Waals surface area contributed by atoms with E-state index in [1.807, 2.05) is 6.08 Å². The first-order valence-electron chi connectivity index (χ1n) is 11.3. The van der Waals surface area contributed by atoms with Crippen LogP contribution in [-0.2, 0) is 9.53 Å². The molecular weight excluding hydrogens is 332 g/mol. The third-order valence-electron chi connectivity index (χ3n) is 8.34. The van der Waals surface area contributed by atoms with Crippen LogP contribution >= 0.6 is 0 Å². The molecule has 0 heterocycles. The van der Waals surface area contributed by atoms with Gasteiger partial charge < -0.3 is 4.74 Å². The fourth-order valence-electron chi connectivity index (χ4n) is 7.05. The lowest BCUT2D eigenvalue weighted by Crippen LogP contribution is -2.53. The molecule has 2 nitrogen and oxygen atoms in total. The van der Waals surface area contributed by atoms with Crippen molar-refractivity contribution in [3.8, 4) is 0 Å². The fraction of sp³-hybridized carbons (Fsp3) is 0.800. The number of hydrogen-bond donors (Lipinski definition) is 0. The molecule has 2 fully saturated rings. The summed E-state index contributed by atoms with van der Waals surface area (Å²) in [6.07, 6.45) is 15.3. The first-order valence-corrected chi connectivity index (χ1v) is 11.3. The van der Waals surface area contributed by atoms with Gasteiger partial charge in [-0.25, -0.2) is 0 Å². The Bertz CT molecular complexity index is 679. The molecule has 0 aliphatic heterocycles. The van der Waals surface area contributed by atoms with Crippen LogP contribution in [0.5, 0.6) is 0 Å². The molecule has 2 heteroatoms. The summed E-state index contributed by atoms with van der Waals surface area (Å²) in [5, 5.41) is 0. The van der Waals surface area contributed by atoms with Crippen molar-refractivity contribution in [3.05, 3.63) is 23.3 Å². The summed E-state index contributed by atoms with van der Waals surface area (Å²) in [4.78, 5) is 12.1. The molecule has 0 aromatic heterocycles. The predicted molar refractivity (Wildman–Crippen MR) is 111 cm³/mol. The molecule has 4 aliphatic rings. The molecule has 0 aromatic rings. The zero-order chi connectivity index (χ0) is 19.4. The minimum Gasteiger partial charge on any atom is -0.372 e. The van der Waals surface area contributed by atoms with Gasteiger partial charge in [0.2, 0.25) is 0 Å². The summed E-state index contributed by atoms with van der Waals surface area (Å²) in [5.41, 5.74) is 3.53. The summed E-state index contributed by atoms with van der Waals surface area (Å²) in [7, 11) is 0. The molecule has 4 aliphatic carbocycles. The highest BCUT2D eigenvalue weighted by atomic mass is 16.5. The third kappa shape index (κ3) is 3.07. The van der Waals surface area contributed by atoms with Gasteiger partial charge in [-0.15, -0.1) is 0 Å².